The molecule has 1 aliphatic heterocycles. The number of nitrogens with one attached hydrogen (secondary N) is 2. The average Bonchev–Trinajstić information content (AvgIpc) is 2.33. The number of thiocarbonyl (C=S) groups is 1. The Morgan fingerprint density at radius 3 is 3.00 bits per heavy atom. The smallest absolute Gasteiger partial charge is 0.249 e. The van der Waals surface area contributed by atoms with E-state index in [2.05, 4.69) is 15.6 Å². The van der Waals surface area contributed by atoms with Crippen LogP contribution in [0.15, 0.2) is 18.3 Å². The van der Waals surface area contributed by atoms with Crippen molar-refractivity contribution in [1.29, 1.82) is 0 Å². The van der Waals surface area contributed by atoms with Crippen LogP contribution >= 0.6 is 12.2 Å². The molecule has 18 heavy (non-hydrogen) atoms. The van der Waals surface area contributed by atoms with Crippen molar-refractivity contribution in [3.8, 4) is 0 Å². The Kier molecular flexibility index (Phi) is 3.52. The molecule has 0 radical (unpaired) electrons. The normalized spacial score (nSPS) is 19.2. The monoisotopic (exact) mass is 264 g/mol. The van der Waals surface area contributed by atoms with E-state index in [-0.39, 0.29) is 16.8 Å². The van der Waals surface area contributed by atoms with Crippen molar-refractivity contribution < 1.29 is 9.59 Å². The first-order valence-corrected chi connectivity index (χ1v) is 5.84. The fraction of sp³-hybridized carbons (Fsp3) is 0.273. The summed E-state index contributed by atoms with van der Waals surface area (Å²) in [4.78, 5) is 26.9. The van der Waals surface area contributed by atoms with Crippen LogP contribution in [0.25, 0.3) is 0 Å². The summed E-state index contributed by atoms with van der Waals surface area (Å²) in [6.07, 6.45) is 2.31. The zero-order chi connectivity index (χ0) is 13.1. The second-order valence-corrected chi connectivity index (χ2v) is 4.35. The van der Waals surface area contributed by atoms with Crippen molar-refractivity contribution in [2.24, 2.45) is 5.73 Å². The van der Waals surface area contributed by atoms with Crippen molar-refractivity contribution >= 4 is 34.8 Å². The molecular weight excluding hydrogens is 252 g/mol. The third-order valence-electron chi connectivity index (χ3n) is 2.62. The molecule has 1 aromatic rings. The van der Waals surface area contributed by atoms with Crippen molar-refractivity contribution in [3.05, 3.63) is 23.9 Å². The number of hydrogen-bond acceptors (Lipinski definition) is 5. The van der Waals surface area contributed by atoms with Gasteiger partial charge in [-0.05, 0) is 18.6 Å². The van der Waals surface area contributed by atoms with E-state index in [4.69, 9.17) is 18.0 Å². The van der Waals surface area contributed by atoms with Crippen LogP contribution in [-0.2, 0) is 9.59 Å². The van der Waals surface area contributed by atoms with Gasteiger partial charge in [-0.3, -0.25) is 14.9 Å². The van der Waals surface area contributed by atoms with Crippen molar-refractivity contribution in [1.82, 2.24) is 10.3 Å². The van der Waals surface area contributed by atoms with Crippen LogP contribution in [0, 0.1) is 0 Å². The van der Waals surface area contributed by atoms with Crippen LogP contribution in [0.3, 0.4) is 0 Å². The van der Waals surface area contributed by atoms with E-state index in [9.17, 15) is 9.59 Å². The highest BCUT2D eigenvalue weighted by molar-refractivity contribution is 7.80. The van der Waals surface area contributed by atoms with E-state index < -0.39 is 6.04 Å². The molecule has 2 amide bonds. The minimum Gasteiger partial charge on any atom is -0.389 e. The van der Waals surface area contributed by atoms with Crippen LogP contribution in [0.1, 0.15) is 18.4 Å². The molecule has 7 heteroatoms. The van der Waals surface area contributed by atoms with E-state index in [0.717, 1.165) is 0 Å². The summed E-state index contributed by atoms with van der Waals surface area (Å²) in [5, 5.41) is 5.22. The third-order valence-corrected chi connectivity index (χ3v) is 2.84. The maximum absolute atomic E-state index is 11.6. The van der Waals surface area contributed by atoms with Crippen LogP contribution in [0.2, 0.25) is 0 Å². The molecule has 1 saturated heterocycles. The molecule has 0 spiro atoms. The molecule has 1 aromatic heterocycles. The summed E-state index contributed by atoms with van der Waals surface area (Å²) in [6, 6.07) is 2.94. The molecule has 1 aliphatic rings. The lowest BCUT2D eigenvalue weighted by Gasteiger charge is -2.23. The number of hydrogen-bond donors (Lipinski definition) is 3. The summed E-state index contributed by atoms with van der Waals surface area (Å²) >= 11 is 4.91. The van der Waals surface area contributed by atoms with Gasteiger partial charge in [-0.2, -0.15) is 0 Å². The molecule has 4 N–H and O–H groups in total. The summed E-state index contributed by atoms with van der Waals surface area (Å²) < 4.78 is 0. The van der Waals surface area contributed by atoms with Crippen LogP contribution in [0.4, 0.5) is 5.82 Å². The molecule has 6 nitrogen and oxygen atoms in total. The zero-order valence-electron chi connectivity index (χ0n) is 9.47. The highest BCUT2D eigenvalue weighted by Gasteiger charge is 2.27. The van der Waals surface area contributed by atoms with Gasteiger partial charge >= 0.3 is 0 Å². The Balaban J connectivity index is 2.17. The van der Waals surface area contributed by atoms with Gasteiger partial charge in [0.05, 0.1) is 5.56 Å². The summed E-state index contributed by atoms with van der Waals surface area (Å²) in [5.74, 6) is -0.154. The minimum atomic E-state index is -0.495. The fourth-order valence-electron chi connectivity index (χ4n) is 1.72. The third kappa shape index (κ3) is 2.62. The SMILES string of the molecule is NC(=S)c1cccnc1NC1CCC(=O)NC1=O. The lowest BCUT2D eigenvalue weighted by atomic mass is 10.1. The number of amides is 2. The van der Waals surface area contributed by atoms with E-state index in [1.807, 2.05) is 0 Å². The van der Waals surface area contributed by atoms with Crippen molar-refractivity contribution in [2.45, 2.75) is 18.9 Å². The van der Waals surface area contributed by atoms with E-state index >= 15 is 0 Å². The van der Waals surface area contributed by atoms with Gasteiger partial charge in [0.15, 0.2) is 0 Å². The predicted molar refractivity (Wildman–Crippen MR) is 69.9 cm³/mol. The Bertz CT molecular complexity index is 518. The molecule has 2 rings (SSSR count). The van der Waals surface area contributed by atoms with Gasteiger partial charge in [-0.25, -0.2) is 4.98 Å². The number of carbonyl (C=O) groups excluding carboxylic acids is 2. The largest absolute Gasteiger partial charge is 0.389 e. The number of nitrogens with two attached hydrogens (primary N) is 1. The second-order valence-electron chi connectivity index (χ2n) is 3.91. The lowest BCUT2D eigenvalue weighted by Crippen LogP contribution is -2.47. The van der Waals surface area contributed by atoms with E-state index in [0.29, 0.717) is 24.2 Å². The van der Waals surface area contributed by atoms with Gasteiger partial charge in [0.2, 0.25) is 11.8 Å². The maximum Gasteiger partial charge on any atom is 0.249 e. The summed E-state index contributed by atoms with van der Waals surface area (Å²) in [7, 11) is 0. The molecule has 0 aliphatic carbocycles. The highest BCUT2D eigenvalue weighted by Crippen LogP contribution is 2.15. The van der Waals surface area contributed by atoms with Gasteiger partial charge in [0.25, 0.3) is 0 Å². The van der Waals surface area contributed by atoms with Gasteiger partial charge in [-0.15, -0.1) is 0 Å². The topological polar surface area (TPSA) is 97.1 Å². The quantitative estimate of drug-likeness (QED) is 0.522. The number of rotatable bonds is 3. The molecule has 1 unspecified atom stereocenters. The molecule has 1 atom stereocenters. The van der Waals surface area contributed by atoms with E-state index in [1.54, 1.807) is 18.3 Å². The first-order chi connectivity index (χ1) is 8.58. The van der Waals surface area contributed by atoms with Crippen LogP contribution < -0.4 is 16.4 Å². The molecule has 0 aromatic carbocycles. The molecule has 0 bridgehead atoms. The Labute approximate surface area is 109 Å². The second kappa shape index (κ2) is 5.09. The number of piperidine rings is 1. The number of nitrogens with zero attached hydrogens (tertiary/aromatic N) is 1. The Morgan fingerprint density at radius 2 is 2.33 bits per heavy atom. The average molecular weight is 264 g/mol. The lowest BCUT2D eigenvalue weighted by molar-refractivity contribution is -0.133. The minimum absolute atomic E-state index is 0.206. The summed E-state index contributed by atoms with van der Waals surface area (Å²) in [6.45, 7) is 0. The van der Waals surface area contributed by atoms with Gasteiger partial charge < -0.3 is 11.1 Å². The maximum atomic E-state index is 11.6. The Hall–Kier alpha value is -2.02. The van der Waals surface area contributed by atoms with Gasteiger partial charge in [0.1, 0.15) is 16.8 Å². The van der Waals surface area contributed by atoms with Crippen molar-refractivity contribution in [2.75, 3.05) is 5.32 Å². The predicted octanol–water partition coefficient (Wildman–Crippen LogP) is -0.0671. The molecule has 0 saturated carbocycles. The van der Waals surface area contributed by atoms with Gasteiger partial charge in [0, 0.05) is 12.6 Å². The van der Waals surface area contributed by atoms with Crippen LogP contribution in [0.5, 0.6) is 0 Å². The highest BCUT2D eigenvalue weighted by atomic mass is 32.1. The first-order valence-electron chi connectivity index (χ1n) is 5.43. The van der Waals surface area contributed by atoms with Gasteiger partial charge in [-0.1, -0.05) is 12.2 Å². The molecule has 2 heterocycles. The van der Waals surface area contributed by atoms with E-state index in [1.165, 1.54) is 0 Å². The fourth-order valence-corrected chi connectivity index (χ4v) is 1.88. The number of pyridine rings is 1. The molecule has 1 fully saturated rings. The summed E-state index contributed by atoms with van der Waals surface area (Å²) in [5.41, 5.74) is 6.15. The van der Waals surface area contributed by atoms with Crippen LogP contribution in [-0.4, -0.2) is 27.8 Å². The number of imide groups is 1. The molecular formula is C11H12N4O2S. The number of aromatic nitrogens is 1. The standard InChI is InChI=1S/C11H12N4O2S/c12-9(18)6-2-1-5-13-10(6)14-7-3-4-8(16)15-11(7)17/h1-2,5,7H,3-4H2,(H2,12,18)(H,13,14)(H,15,16,17). The van der Waals surface area contributed by atoms with Crippen molar-refractivity contribution in [3.63, 3.8) is 0 Å². The number of anilines is 1. The number of carbonyl (C=O) groups is 2. The Morgan fingerprint density at radius 1 is 1.56 bits per heavy atom. The first kappa shape index (κ1) is 12.4. The zero-order valence-corrected chi connectivity index (χ0v) is 10.3. The molecule has 94 valence electrons.